The third-order valence-electron chi connectivity index (χ3n) is 0.118. The van der Waals surface area contributed by atoms with Crippen LogP contribution in [-0.4, -0.2) is 0 Å². The fraction of sp³-hybridized carbons (Fsp3) is 0. The van der Waals surface area contributed by atoms with Gasteiger partial charge in [0.15, 0.2) is 0 Å². The Morgan fingerprint density at radius 2 is 1.83 bits per heavy atom. The summed E-state index contributed by atoms with van der Waals surface area (Å²) in [5.41, 5.74) is 0. The number of hydrogen-bond acceptors (Lipinski definition) is 0. The van der Waals surface area contributed by atoms with E-state index in [-0.39, 0.29) is 63.8 Å². The van der Waals surface area contributed by atoms with Gasteiger partial charge < -0.3 is 12.4 Å². The molecule has 0 rings (SSSR count). The minimum atomic E-state index is 0. The maximum absolute atomic E-state index is 4.66. The molecule has 0 aliphatic carbocycles. The molecule has 0 unspecified atom stereocenters. The van der Waals surface area contributed by atoms with Crippen molar-refractivity contribution in [2.75, 3.05) is 0 Å². The average Bonchev–Trinajstić information content (AvgIpc) is 1.37. The second-order valence-electron chi connectivity index (χ2n) is 0.371. The van der Waals surface area contributed by atoms with Crippen LogP contribution >= 0.6 is 0 Å². The molecule has 0 saturated heterocycles. The van der Waals surface area contributed by atoms with Crippen LogP contribution in [0.25, 0.3) is 0 Å². The molecule has 0 radical (unpaired) electrons. The van der Waals surface area contributed by atoms with E-state index in [1.807, 2.05) is 0 Å². The van der Waals surface area contributed by atoms with Crippen molar-refractivity contribution in [1.82, 2.24) is 0 Å². The van der Waals surface area contributed by atoms with Gasteiger partial charge in [0, 0.05) is 0 Å². The Hall–Kier alpha value is 1.23. The van der Waals surface area contributed by atoms with Crippen molar-refractivity contribution >= 4 is 0 Å². The number of allylic oxidation sites excluding steroid dienone is 1. The van der Waals surface area contributed by atoms with E-state index < -0.39 is 0 Å². The molecule has 0 spiro atoms. The normalized spacial score (nSPS) is 2.50. The number of terminal acetylenes is 1. The predicted octanol–water partition coefficient (Wildman–Crippen LogP) is -5.19. The van der Waals surface area contributed by atoms with E-state index in [0.29, 0.717) is 0 Å². The van der Waals surface area contributed by atoms with Crippen LogP contribution in [0.3, 0.4) is 0 Å². The molecule has 0 aliphatic heterocycles. The Kier molecular flexibility index (Phi) is 42.7. The number of hydrogen-bond donors (Lipinski definition) is 0. The Bertz CT molecular complexity index is 53.1. The van der Waals surface area contributed by atoms with Gasteiger partial charge in [-0.25, -0.2) is 0 Å². The molecular formula is C4H4ClK. The largest absolute Gasteiger partial charge is 1.00 e. The molecule has 2 heteroatoms. The monoisotopic (exact) mass is 126 g/mol. The van der Waals surface area contributed by atoms with Crippen LogP contribution in [0.5, 0.6) is 0 Å². The van der Waals surface area contributed by atoms with Crippen molar-refractivity contribution < 1.29 is 63.8 Å². The molecule has 0 atom stereocenters. The summed E-state index contributed by atoms with van der Waals surface area (Å²) in [6.45, 7) is 3.24. The Morgan fingerprint density at radius 1 is 1.67 bits per heavy atom. The summed E-state index contributed by atoms with van der Waals surface area (Å²) >= 11 is 0. The number of halogens is 1. The molecule has 28 valence electrons. The maximum atomic E-state index is 4.66. The fourth-order valence-corrected chi connectivity index (χ4v) is 0. The first-order chi connectivity index (χ1) is 1.91. The zero-order valence-corrected chi connectivity index (χ0v) is 7.62. The molecule has 0 aliphatic rings. The van der Waals surface area contributed by atoms with Gasteiger partial charge in [-0.05, 0) is 6.08 Å². The van der Waals surface area contributed by atoms with Gasteiger partial charge in [-0.1, -0.05) is 12.5 Å². The van der Waals surface area contributed by atoms with Crippen molar-refractivity contribution in [1.29, 1.82) is 0 Å². The van der Waals surface area contributed by atoms with Crippen molar-refractivity contribution in [3.05, 3.63) is 12.7 Å². The second-order valence-corrected chi connectivity index (χ2v) is 0.371. The molecule has 0 saturated carbocycles. The van der Waals surface area contributed by atoms with Crippen molar-refractivity contribution in [2.45, 2.75) is 0 Å². The van der Waals surface area contributed by atoms with Crippen LogP contribution < -0.4 is 63.8 Å². The Morgan fingerprint density at radius 3 is 1.83 bits per heavy atom. The quantitative estimate of drug-likeness (QED) is 0.225. The van der Waals surface area contributed by atoms with Gasteiger partial charge in [-0.2, -0.15) is 0 Å². The summed E-state index contributed by atoms with van der Waals surface area (Å²) in [6, 6.07) is 0. The SMILES string of the molecule is C#CC=C.[Cl-].[K+]. The molecule has 0 N–H and O–H groups in total. The predicted molar refractivity (Wildman–Crippen MR) is 19.0 cm³/mol. The van der Waals surface area contributed by atoms with E-state index in [9.17, 15) is 0 Å². The van der Waals surface area contributed by atoms with Gasteiger partial charge in [0.25, 0.3) is 0 Å². The van der Waals surface area contributed by atoms with Gasteiger partial charge in [0.2, 0.25) is 0 Å². The van der Waals surface area contributed by atoms with Gasteiger partial charge in [-0.15, -0.1) is 6.42 Å². The van der Waals surface area contributed by atoms with Crippen LogP contribution in [0.1, 0.15) is 0 Å². The summed E-state index contributed by atoms with van der Waals surface area (Å²) in [5.74, 6) is 2.19. The van der Waals surface area contributed by atoms with Gasteiger partial charge in [0.1, 0.15) is 0 Å². The van der Waals surface area contributed by atoms with Crippen LogP contribution in [0.15, 0.2) is 12.7 Å². The standard InChI is InChI=1S/C4H4.ClH.K/c1-3-4-2;;/h1,4H,2H2;1H;/q;;+1/p-1. The molecular weight excluding hydrogens is 123 g/mol. The van der Waals surface area contributed by atoms with Gasteiger partial charge in [0.05, 0.1) is 0 Å². The molecule has 0 heterocycles. The van der Waals surface area contributed by atoms with E-state index in [4.69, 9.17) is 0 Å². The molecule has 0 amide bonds. The average molecular weight is 127 g/mol. The van der Waals surface area contributed by atoms with Crippen molar-refractivity contribution in [3.8, 4) is 12.3 Å². The second kappa shape index (κ2) is 16.3. The molecule has 0 fully saturated rings. The van der Waals surface area contributed by atoms with E-state index in [2.05, 4.69) is 18.9 Å². The zero-order valence-electron chi connectivity index (χ0n) is 3.74. The summed E-state index contributed by atoms with van der Waals surface area (Å²) in [5, 5.41) is 0. The first kappa shape index (κ1) is 15.7. The van der Waals surface area contributed by atoms with Gasteiger partial charge in [-0.3, -0.25) is 0 Å². The first-order valence-electron chi connectivity index (χ1n) is 0.986. The van der Waals surface area contributed by atoms with Crippen molar-refractivity contribution in [3.63, 3.8) is 0 Å². The minimum absolute atomic E-state index is 0. The van der Waals surface area contributed by atoms with Crippen LogP contribution in [-0.2, 0) is 0 Å². The third-order valence-corrected chi connectivity index (χ3v) is 0.118. The summed E-state index contributed by atoms with van der Waals surface area (Å²) < 4.78 is 0. The zero-order chi connectivity index (χ0) is 3.41. The fourth-order valence-electron chi connectivity index (χ4n) is 0. The third kappa shape index (κ3) is 18.8. The Balaban J connectivity index is -0.0000000450. The Labute approximate surface area is 87.2 Å². The van der Waals surface area contributed by atoms with Crippen molar-refractivity contribution in [2.24, 2.45) is 0 Å². The molecule has 0 nitrogen and oxygen atoms in total. The molecule has 0 aromatic rings. The van der Waals surface area contributed by atoms with E-state index >= 15 is 0 Å². The van der Waals surface area contributed by atoms with Crippen LogP contribution in [0, 0.1) is 12.3 Å². The molecule has 0 bridgehead atoms. The smallest absolute Gasteiger partial charge is 1.00 e. The molecule has 0 aromatic carbocycles. The van der Waals surface area contributed by atoms with Gasteiger partial charge >= 0.3 is 51.4 Å². The summed E-state index contributed by atoms with van der Waals surface area (Å²) in [6.07, 6.45) is 6.06. The topological polar surface area (TPSA) is 0 Å². The molecule has 0 aromatic heterocycles. The number of rotatable bonds is 0. The molecule has 6 heavy (non-hydrogen) atoms. The van der Waals surface area contributed by atoms with E-state index in [0.717, 1.165) is 0 Å². The summed E-state index contributed by atoms with van der Waals surface area (Å²) in [7, 11) is 0. The van der Waals surface area contributed by atoms with E-state index in [1.54, 1.807) is 0 Å². The summed E-state index contributed by atoms with van der Waals surface area (Å²) in [4.78, 5) is 0. The maximum Gasteiger partial charge on any atom is 1.00 e. The van der Waals surface area contributed by atoms with E-state index in [1.165, 1.54) is 6.08 Å². The van der Waals surface area contributed by atoms with Crippen LogP contribution in [0.2, 0.25) is 0 Å². The first-order valence-corrected chi connectivity index (χ1v) is 0.986. The minimum Gasteiger partial charge on any atom is -1.00 e. The van der Waals surface area contributed by atoms with Crippen LogP contribution in [0.4, 0.5) is 0 Å².